The van der Waals surface area contributed by atoms with Crippen LogP contribution in [0.5, 0.6) is 11.5 Å². The zero-order valence-corrected chi connectivity index (χ0v) is 11.4. The number of H-pyrrole nitrogens is 1. The summed E-state index contributed by atoms with van der Waals surface area (Å²) in [7, 11) is 0. The summed E-state index contributed by atoms with van der Waals surface area (Å²) < 4.78 is 11.0. The molecule has 0 saturated carbocycles. The number of aryl methyl sites for hydroxylation is 1. The molecule has 0 saturated heterocycles. The van der Waals surface area contributed by atoms with E-state index in [0.717, 1.165) is 11.1 Å². The summed E-state index contributed by atoms with van der Waals surface area (Å²) in [5.41, 5.74) is 2.27. The molecule has 7 heteroatoms. The highest BCUT2D eigenvalue weighted by molar-refractivity contribution is 9.10. The fraction of sp³-hybridized carbons (Fsp3) is 0.167. The second kappa shape index (κ2) is 4.27. The van der Waals surface area contributed by atoms with Crippen molar-refractivity contribution < 1.29 is 19.4 Å². The minimum atomic E-state index is -1.07. The normalized spacial score (nSPS) is 12.7. The van der Waals surface area contributed by atoms with Crippen LogP contribution in [0.3, 0.4) is 0 Å². The molecule has 0 radical (unpaired) electrons. The molecule has 1 aliphatic rings. The third-order valence-electron chi connectivity index (χ3n) is 2.90. The monoisotopic (exact) mass is 324 g/mol. The lowest BCUT2D eigenvalue weighted by atomic mass is 10.0. The predicted molar refractivity (Wildman–Crippen MR) is 69.5 cm³/mol. The summed E-state index contributed by atoms with van der Waals surface area (Å²) >= 11 is 3.26. The molecule has 0 spiro atoms. The molecule has 0 amide bonds. The Kier molecular flexibility index (Phi) is 2.70. The van der Waals surface area contributed by atoms with Gasteiger partial charge in [0, 0.05) is 5.56 Å². The Hall–Kier alpha value is -2.02. The van der Waals surface area contributed by atoms with Crippen molar-refractivity contribution in [1.29, 1.82) is 0 Å². The van der Waals surface area contributed by atoms with Gasteiger partial charge < -0.3 is 14.6 Å². The molecular formula is C12H9BrN2O4. The second-order valence-electron chi connectivity index (χ2n) is 4.09. The average Bonchev–Trinajstić information content (AvgIpc) is 2.94. The van der Waals surface area contributed by atoms with E-state index in [1.807, 2.05) is 13.0 Å². The van der Waals surface area contributed by atoms with E-state index in [9.17, 15) is 4.79 Å². The van der Waals surface area contributed by atoms with Crippen molar-refractivity contribution in [3.05, 3.63) is 27.9 Å². The molecule has 0 aliphatic carbocycles. The highest BCUT2D eigenvalue weighted by Gasteiger charge is 2.22. The van der Waals surface area contributed by atoms with Crippen LogP contribution in [0.4, 0.5) is 0 Å². The molecule has 2 heterocycles. The number of aromatic carboxylic acids is 1. The molecule has 1 aromatic heterocycles. The first-order valence-corrected chi connectivity index (χ1v) is 6.25. The van der Waals surface area contributed by atoms with Gasteiger partial charge >= 0.3 is 5.97 Å². The predicted octanol–water partition coefficient (Wildman–Crippen LogP) is 2.57. The maximum Gasteiger partial charge on any atom is 0.355 e. The molecule has 1 aliphatic heterocycles. The lowest BCUT2D eigenvalue weighted by Gasteiger charge is -2.05. The molecule has 19 heavy (non-hydrogen) atoms. The van der Waals surface area contributed by atoms with E-state index in [0.29, 0.717) is 21.7 Å². The van der Waals surface area contributed by atoms with Crippen LogP contribution < -0.4 is 9.47 Å². The lowest BCUT2D eigenvalue weighted by Crippen LogP contribution is -1.97. The number of fused-ring (bicyclic) bond motifs is 1. The molecule has 0 bridgehead atoms. The Morgan fingerprint density at radius 2 is 2.11 bits per heavy atom. The smallest absolute Gasteiger partial charge is 0.355 e. The third kappa shape index (κ3) is 1.86. The highest BCUT2D eigenvalue weighted by atomic mass is 79.9. The van der Waals surface area contributed by atoms with E-state index >= 15 is 0 Å². The number of carbonyl (C=O) groups is 1. The average molecular weight is 325 g/mol. The minimum absolute atomic E-state index is 0.0204. The molecule has 98 valence electrons. The molecule has 2 N–H and O–H groups in total. The number of aromatic amines is 1. The number of halogens is 1. The van der Waals surface area contributed by atoms with Gasteiger partial charge in [0.05, 0.1) is 4.47 Å². The molecule has 6 nitrogen and oxygen atoms in total. The molecule has 0 atom stereocenters. The van der Waals surface area contributed by atoms with Gasteiger partial charge in [0.15, 0.2) is 17.2 Å². The first-order valence-electron chi connectivity index (χ1n) is 5.45. The molecule has 1 aromatic carbocycles. The molecule has 2 aromatic rings. The third-order valence-corrected chi connectivity index (χ3v) is 3.67. The topological polar surface area (TPSA) is 84.4 Å². The Labute approximate surface area is 116 Å². The van der Waals surface area contributed by atoms with E-state index in [2.05, 4.69) is 26.1 Å². The summed E-state index contributed by atoms with van der Waals surface area (Å²) in [5.74, 6) is 0.253. The Morgan fingerprint density at radius 3 is 2.74 bits per heavy atom. The Balaban J connectivity index is 2.15. The quantitative estimate of drug-likeness (QED) is 0.886. The van der Waals surface area contributed by atoms with Crippen LogP contribution in [0.25, 0.3) is 11.3 Å². The number of aromatic nitrogens is 2. The van der Waals surface area contributed by atoms with Crippen LogP contribution in [0.2, 0.25) is 0 Å². The van der Waals surface area contributed by atoms with Crippen LogP contribution in [0.15, 0.2) is 16.6 Å². The summed E-state index contributed by atoms with van der Waals surface area (Å²) in [5, 5.41) is 15.5. The van der Waals surface area contributed by atoms with E-state index in [4.69, 9.17) is 14.6 Å². The van der Waals surface area contributed by atoms with Crippen LogP contribution in [-0.2, 0) is 0 Å². The summed E-state index contributed by atoms with van der Waals surface area (Å²) in [4.78, 5) is 11.0. The lowest BCUT2D eigenvalue weighted by molar-refractivity contribution is 0.0689. The zero-order valence-electron chi connectivity index (χ0n) is 9.86. The zero-order chi connectivity index (χ0) is 13.6. The van der Waals surface area contributed by atoms with Crippen molar-refractivity contribution >= 4 is 21.9 Å². The Morgan fingerprint density at radius 1 is 1.42 bits per heavy atom. The maximum atomic E-state index is 11.0. The number of carboxylic acids is 1. The first kappa shape index (κ1) is 12.0. The van der Waals surface area contributed by atoms with Gasteiger partial charge in [-0.3, -0.25) is 5.10 Å². The maximum absolute atomic E-state index is 11.0. The van der Waals surface area contributed by atoms with Crippen molar-refractivity contribution in [1.82, 2.24) is 10.2 Å². The van der Waals surface area contributed by atoms with Crippen molar-refractivity contribution in [2.45, 2.75) is 6.92 Å². The van der Waals surface area contributed by atoms with E-state index in [1.165, 1.54) is 0 Å². The summed E-state index contributed by atoms with van der Waals surface area (Å²) in [6.45, 7) is 2.10. The van der Waals surface area contributed by atoms with Crippen molar-refractivity contribution in [2.75, 3.05) is 6.79 Å². The van der Waals surface area contributed by atoms with Crippen molar-refractivity contribution in [3.8, 4) is 22.8 Å². The number of nitrogens with one attached hydrogen (secondary N) is 1. The SMILES string of the molecule is Cc1cc2c(cc1-c1n[nH]c(C(=O)O)c1Br)OCO2. The van der Waals surface area contributed by atoms with Gasteiger partial charge in [-0.1, -0.05) is 0 Å². The van der Waals surface area contributed by atoms with Gasteiger partial charge in [-0.15, -0.1) is 0 Å². The molecule has 0 unspecified atom stereocenters. The second-order valence-corrected chi connectivity index (χ2v) is 4.88. The van der Waals surface area contributed by atoms with Gasteiger partial charge in [0.2, 0.25) is 6.79 Å². The fourth-order valence-electron chi connectivity index (χ4n) is 1.95. The number of hydrogen-bond acceptors (Lipinski definition) is 4. The Bertz CT molecular complexity index is 681. The number of nitrogens with zero attached hydrogens (tertiary/aromatic N) is 1. The van der Waals surface area contributed by atoms with Gasteiger partial charge in [0.25, 0.3) is 0 Å². The van der Waals surface area contributed by atoms with Crippen molar-refractivity contribution in [3.63, 3.8) is 0 Å². The first-order chi connectivity index (χ1) is 9.08. The molecule has 0 fully saturated rings. The van der Waals surface area contributed by atoms with E-state index < -0.39 is 5.97 Å². The van der Waals surface area contributed by atoms with Crippen LogP contribution in [-0.4, -0.2) is 28.1 Å². The molecule has 3 rings (SSSR count). The number of hydrogen-bond donors (Lipinski definition) is 2. The number of ether oxygens (including phenoxy) is 2. The fourth-order valence-corrected chi connectivity index (χ4v) is 2.51. The van der Waals surface area contributed by atoms with Gasteiger partial charge in [-0.05, 0) is 40.5 Å². The number of carboxylic acid groups (broad SMARTS) is 1. The van der Waals surface area contributed by atoms with Gasteiger partial charge in [0.1, 0.15) is 5.69 Å². The van der Waals surface area contributed by atoms with Crippen molar-refractivity contribution in [2.24, 2.45) is 0 Å². The van der Waals surface area contributed by atoms with E-state index in [-0.39, 0.29) is 12.5 Å². The van der Waals surface area contributed by atoms with Crippen LogP contribution in [0.1, 0.15) is 16.1 Å². The van der Waals surface area contributed by atoms with Crippen LogP contribution in [0, 0.1) is 6.92 Å². The van der Waals surface area contributed by atoms with E-state index in [1.54, 1.807) is 6.07 Å². The number of rotatable bonds is 2. The summed E-state index contributed by atoms with van der Waals surface area (Å²) in [6, 6.07) is 3.64. The van der Waals surface area contributed by atoms with Crippen LogP contribution >= 0.6 is 15.9 Å². The van der Waals surface area contributed by atoms with Gasteiger partial charge in [-0.2, -0.15) is 5.10 Å². The number of benzene rings is 1. The standard InChI is InChI=1S/C12H9BrN2O4/c1-5-2-7-8(19-4-18-7)3-6(5)10-9(13)11(12(16)17)15-14-10/h2-3H,4H2,1H3,(H,14,15)(H,16,17). The largest absolute Gasteiger partial charge is 0.476 e. The highest BCUT2D eigenvalue weighted by Crippen LogP contribution is 2.40. The van der Waals surface area contributed by atoms with Gasteiger partial charge in [-0.25, -0.2) is 4.79 Å². The summed E-state index contributed by atoms with van der Waals surface area (Å²) in [6.07, 6.45) is 0. The molecular weight excluding hydrogens is 316 g/mol. The minimum Gasteiger partial charge on any atom is -0.476 e.